The predicted molar refractivity (Wildman–Crippen MR) is 126 cm³/mol. The number of benzene rings is 3. The number of carboxylic acid groups (broad SMARTS) is 2. The van der Waals surface area contributed by atoms with E-state index in [1.807, 2.05) is 24.3 Å². The molecule has 34 heavy (non-hydrogen) atoms. The zero-order valence-electron chi connectivity index (χ0n) is 17.6. The van der Waals surface area contributed by atoms with Gasteiger partial charge >= 0.3 is 11.9 Å². The van der Waals surface area contributed by atoms with E-state index in [0.29, 0.717) is 28.3 Å². The molecule has 168 valence electrons. The summed E-state index contributed by atoms with van der Waals surface area (Å²) >= 11 is 0. The average Bonchev–Trinajstić information content (AvgIpc) is 3.35. The van der Waals surface area contributed by atoms with Crippen molar-refractivity contribution in [3.05, 3.63) is 95.7 Å². The minimum atomic E-state index is -1.01. The number of hydrazone groups is 1. The number of aliphatic imine (C=N–C) groups is 1. The lowest BCUT2D eigenvalue weighted by Crippen LogP contribution is -2.06. The van der Waals surface area contributed by atoms with Crippen LogP contribution in [0.3, 0.4) is 0 Å². The van der Waals surface area contributed by atoms with Crippen LogP contribution in [0, 0.1) is 0 Å². The molecule has 3 aromatic carbocycles. The molecule has 10 nitrogen and oxygen atoms in total. The van der Waals surface area contributed by atoms with Crippen LogP contribution in [0.4, 0.5) is 5.69 Å². The van der Waals surface area contributed by atoms with E-state index >= 15 is 0 Å². The second-order valence-electron chi connectivity index (χ2n) is 7.11. The molecule has 0 radical (unpaired) electrons. The molecule has 0 amide bonds. The largest absolute Gasteiger partial charge is 0.478 e. The van der Waals surface area contributed by atoms with E-state index < -0.39 is 11.9 Å². The SMILES string of the molecule is N/N=C(\C=Nc1ccc(C(=O)O)cc1)c1cccc(-c2cn(-c3ccc(C(=O)O)cc3)nn2)c1. The Labute approximate surface area is 193 Å². The Balaban J connectivity index is 1.55. The number of carboxylic acids is 2. The molecule has 0 aliphatic heterocycles. The molecule has 0 unspecified atom stereocenters. The zero-order valence-corrected chi connectivity index (χ0v) is 17.6. The molecule has 0 spiro atoms. The third-order valence-corrected chi connectivity index (χ3v) is 4.92. The molecule has 0 aliphatic carbocycles. The summed E-state index contributed by atoms with van der Waals surface area (Å²) in [4.78, 5) is 26.3. The van der Waals surface area contributed by atoms with Crippen molar-refractivity contribution in [2.45, 2.75) is 0 Å². The van der Waals surface area contributed by atoms with Crippen LogP contribution in [0.15, 0.2) is 89.1 Å². The van der Waals surface area contributed by atoms with Crippen molar-refractivity contribution in [2.75, 3.05) is 0 Å². The molecule has 0 saturated carbocycles. The maximum Gasteiger partial charge on any atom is 0.335 e. The highest BCUT2D eigenvalue weighted by Gasteiger charge is 2.10. The highest BCUT2D eigenvalue weighted by Crippen LogP contribution is 2.20. The molecule has 4 rings (SSSR count). The van der Waals surface area contributed by atoms with Crippen LogP contribution in [-0.4, -0.2) is 49.1 Å². The van der Waals surface area contributed by atoms with Gasteiger partial charge < -0.3 is 16.1 Å². The lowest BCUT2D eigenvalue weighted by molar-refractivity contribution is 0.0686. The number of carbonyl (C=O) groups is 2. The van der Waals surface area contributed by atoms with E-state index in [1.165, 1.54) is 30.5 Å². The Morgan fingerprint density at radius 1 is 0.882 bits per heavy atom. The fraction of sp³-hybridized carbons (Fsp3) is 0. The first-order valence-corrected chi connectivity index (χ1v) is 9.97. The number of rotatable bonds is 7. The van der Waals surface area contributed by atoms with Gasteiger partial charge in [0.05, 0.1) is 34.9 Å². The average molecular weight is 454 g/mol. The number of nitrogens with two attached hydrogens (primary N) is 1. The highest BCUT2D eigenvalue weighted by atomic mass is 16.4. The van der Waals surface area contributed by atoms with Gasteiger partial charge in [-0.25, -0.2) is 14.3 Å². The molecule has 4 aromatic rings. The topological polar surface area (TPSA) is 156 Å². The van der Waals surface area contributed by atoms with E-state index in [4.69, 9.17) is 16.1 Å². The number of hydrogen-bond acceptors (Lipinski definition) is 7. The van der Waals surface area contributed by atoms with Crippen LogP contribution >= 0.6 is 0 Å². The molecule has 0 aliphatic rings. The smallest absolute Gasteiger partial charge is 0.335 e. The van der Waals surface area contributed by atoms with Crippen molar-refractivity contribution >= 4 is 29.6 Å². The first kappa shape index (κ1) is 22.1. The summed E-state index contributed by atoms with van der Waals surface area (Å²) in [5.41, 5.74) is 4.07. The van der Waals surface area contributed by atoms with Crippen LogP contribution in [0.5, 0.6) is 0 Å². The first-order valence-electron chi connectivity index (χ1n) is 9.97. The molecule has 0 fully saturated rings. The fourth-order valence-electron chi connectivity index (χ4n) is 3.13. The highest BCUT2D eigenvalue weighted by molar-refractivity contribution is 6.38. The number of aromatic carboxylic acids is 2. The van der Waals surface area contributed by atoms with Crippen molar-refractivity contribution in [1.29, 1.82) is 0 Å². The number of aromatic nitrogens is 3. The molecule has 0 atom stereocenters. The van der Waals surface area contributed by atoms with E-state index in [1.54, 1.807) is 35.1 Å². The molecule has 4 N–H and O–H groups in total. The third-order valence-electron chi connectivity index (χ3n) is 4.92. The lowest BCUT2D eigenvalue weighted by Gasteiger charge is -2.03. The Kier molecular flexibility index (Phi) is 6.22. The van der Waals surface area contributed by atoms with Crippen molar-refractivity contribution in [3.63, 3.8) is 0 Å². The van der Waals surface area contributed by atoms with Crippen molar-refractivity contribution in [1.82, 2.24) is 15.0 Å². The van der Waals surface area contributed by atoms with Crippen molar-refractivity contribution < 1.29 is 19.8 Å². The Morgan fingerprint density at radius 3 is 2.15 bits per heavy atom. The molecule has 0 bridgehead atoms. The number of hydrogen-bond donors (Lipinski definition) is 3. The predicted octanol–water partition coefficient (Wildman–Crippen LogP) is 3.40. The van der Waals surface area contributed by atoms with Crippen LogP contribution in [0.2, 0.25) is 0 Å². The summed E-state index contributed by atoms with van der Waals surface area (Å²) in [5, 5.41) is 30.2. The van der Waals surface area contributed by atoms with Gasteiger partial charge in [0.25, 0.3) is 0 Å². The van der Waals surface area contributed by atoms with Gasteiger partial charge in [0.1, 0.15) is 11.4 Å². The summed E-state index contributed by atoms with van der Waals surface area (Å²) in [5.74, 6) is 3.57. The Morgan fingerprint density at radius 2 is 1.53 bits per heavy atom. The first-order chi connectivity index (χ1) is 16.4. The fourth-order valence-corrected chi connectivity index (χ4v) is 3.13. The van der Waals surface area contributed by atoms with Gasteiger partial charge in [-0.15, -0.1) is 5.10 Å². The maximum atomic E-state index is 11.0. The molecule has 1 heterocycles. The van der Waals surface area contributed by atoms with Gasteiger partial charge in [-0.1, -0.05) is 23.4 Å². The second kappa shape index (κ2) is 9.57. The molecule has 0 saturated heterocycles. The van der Waals surface area contributed by atoms with Gasteiger partial charge in [-0.2, -0.15) is 5.10 Å². The zero-order chi connectivity index (χ0) is 24.1. The van der Waals surface area contributed by atoms with Gasteiger partial charge in [-0.3, -0.25) is 4.99 Å². The Bertz CT molecular complexity index is 1410. The second-order valence-corrected chi connectivity index (χ2v) is 7.11. The molecule has 10 heteroatoms. The summed E-state index contributed by atoms with van der Waals surface area (Å²) < 4.78 is 1.55. The normalized spacial score (nSPS) is 11.6. The number of nitrogens with zero attached hydrogens (tertiary/aromatic N) is 5. The lowest BCUT2D eigenvalue weighted by atomic mass is 10.1. The van der Waals surface area contributed by atoms with Gasteiger partial charge in [0, 0.05) is 11.1 Å². The third kappa shape index (κ3) is 4.86. The summed E-state index contributed by atoms with van der Waals surface area (Å²) in [6.45, 7) is 0. The quantitative estimate of drug-likeness (QED) is 0.219. The Hall–Kier alpha value is -5.12. The van der Waals surface area contributed by atoms with Crippen LogP contribution in [0.1, 0.15) is 26.3 Å². The van der Waals surface area contributed by atoms with E-state index in [0.717, 1.165) is 5.56 Å². The molecule has 1 aromatic heterocycles. The minimum absolute atomic E-state index is 0.172. The monoisotopic (exact) mass is 454 g/mol. The van der Waals surface area contributed by atoms with Crippen LogP contribution < -0.4 is 5.84 Å². The summed E-state index contributed by atoms with van der Waals surface area (Å²) in [7, 11) is 0. The summed E-state index contributed by atoms with van der Waals surface area (Å²) in [6, 6.07) is 19.8. The molecular formula is C24H18N6O4. The maximum absolute atomic E-state index is 11.0. The minimum Gasteiger partial charge on any atom is -0.478 e. The molecular weight excluding hydrogens is 436 g/mol. The van der Waals surface area contributed by atoms with Crippen LogP contribution in [-0.2, 0) is 0 Å². The summed E-state index contributed by atoms with van der Waals surface area (Å²) in [6.07, 6.45) is 3.22. The van der Waals surface area contributed by atoms with E-state index in [-0.39, 0.29) is 11.1 Å². The van der Waals surface area contributed by atoms with Gasteiger partial charge in [0.2, 0.25) is 0 Å². The van der Waals surface area contributed by atoms with Crippen molar-refractivity contribution in [3.8, 4) is 16.9 Å². The van der Waals surface area contributed by atoms with Crippen LogP contribution in [0.25, 0.3) is 16.9 Å². The van der Waals surface area contributed by atoms with Gasteiger partial charge in [-0.05, 0) is 54.6 Å². The standard InChI is InChI=1S/C24H18N6O4/c25-27-21(13-26-19-8-4-15(5-9-19)23(31)32)17-2-1-3-18(12-17)22-14-30(29-28-22)20-10-6-16(7-11-20)24(33)34/h1-14H,25H2,(H,31,32)(H,33,34)/b26-13?,27-21+. The van der Waals surface area contributed by atoms with E-state index in [9.17, 15) is 9.59 Å². The van der Waals surface area contributed by atoms with E-state index in [2.05, 4.69) is 20.4 Å². The van der Waals surface area contributed by atoms with Gasteiger partial charge in [0.15, 0.2) is 0 Å². The van der Waals surface area contributed by atoms with Crippen molar-refractivity contribution in [2.24, 2.45) is 15.9 Å².